The standard InChI is InChI=1S/C23H24F2N4O3/c1-14-4-6-15(7-5-14)12-29-22(31)21-19(3-2-10-26-21)28(23(29)32)13-20(30)27-18-9-8-16(24)11-17(18)25/h4-9,11,19,21,26H,2-3,10,12-13H2,1H3,(H,27,30). The van der Waals surface area contributed by atoms with Gasteiger partial charge < -0.3 is 15.5 Å². The van der Waals surface area contributed by atoms with Crippen LogP contribution in [0.25, 0.3) is 0 Å². The summed E-state index contributed by atoms with van der Waals surface area (Å²) in [4.78, 5) is 41.5. The fourth-order valence-corrected chi connectivity index (χ4v) is 4.16. The number of halogens is 2. The summed E-state index contributed by atoms with van der Waals surface area (Å²) in [6, 6.07) is 8.70. The number of carbonyl (C=O) groups is 3. The molecule has 2 aliphatic rings. The molecule has 0 spiro atoms. The molecule has 7 nitrogen and oxygen atoms in total. The highest BCUT2D eigenvalue weighted by molar-refractivity contribution is 6.02. The molecule has 4 rings (SSSR count). The minimum atomic E-state index is -0.906. The predicted molar refractivity (Wildman–Crippen MR) is 114 cm³/mol. The number of hydrogen-bond acceptors (Lipinski definition) is 4. The first-order valence-electron chi connectivity index (χ1n) is 10.5. The van der Waals surface area contributed by atoms with E-state index in [4.69, 9.17) is 0 Å². The minimum Gasteiger partial charge on any atom is -0.322 e. The molecule has 2 fully saturated rings. The molecule has 2 aromatic carbocycles. The first kappa shape index (κ1) is 21.9. The number of nitrogens with zero attached hydrogens (tertiary/aromatic N) is 2. The molecule has 0 bridgehead atoms. The molecule has 2 unspecified atom stereocenters. The number of aryl methyl sites for hydroxylation is 1. The lowest BCUT2D eigenvalue weighted by Crippen LogP contribution is -2.70. The van der Waals surface area contributed by atoms with Gasteiger partial charge in [-0.1, -0.05) is 29.8 Å². The van der Waals surface area contributed by atoms with Gasteiger partial charge in [0, 0.05) is 6.07 Å². The van der Waals surface area contributed by atoms with Gasteiger partial charge in [0.1, 0.15) is 24.2 Å². The third-order valence-electron chi connectivity index (χ3n) is 5.82. The number of hydrogen-bond donors (Lipinski definition) is 2. The Morgan fingerprint density at radius 1 is 1.16 bits per heavy atom. The van der Waals surface area contributed by atoms with Crippen LogP contribution >= 0.6 is 0 Å². The molecule has 0 saturated carbocycles. The lowest BCUT2D eigenvalue weighted by atomic mass is 9.93. The van der Waals surface area contributed by atoms with E-state index >= 15 is 0 Å². The van der Waals surface area contributed by atoms with Crippen LogP contribution in [0.2, 0.25) is 0 Å². The van der Waals surface area contributed by atoms with Crippen molar-refractivity contribution in [3.63, 3.8) is 0 Å². The quantitative estimate of drug-likeness (QED) is 0.746. The van der Waals surface area contributed by atoms with Gasteiger partial charge in [-0.05, 0) is 44.0 Å². The zero-order valence-corrected chi connectivity index (χ0v) is 17.6. The Hall–Kier alpha value is -3.33. The first-order chi connectivity index (χ1) is 15.3. The second-order valence-electron chi connectivity index (χ2n) is 8.13. The predicted octanol–water partition coefficient (Wildman–Crippen LogP) is 2.80. The van der Waals surface area contributed by atoms with Crippen molar-refractivity contribution in [2.45, 2.75) is 38.4 Å². The van der Waals surface area contributed by atoms with Crippen LogP contribution in [-0.2, 0) is 16.1 Å². The van der Waals surface area contributed by atoms with Crippen LogP contribution in [0.4, 0.5) is 19.3 Å². The van der Waals surface area contributed by atoms with E-state index in [0.717, 1.165) is 34.6 Å². The lowest BCUT2D eigenvalue weighted by Gasteiger charge is -2.46. The van der Waals surface area contributed by atoms with E-state index < -0.39 is 35.7 Å². The Labute approximate surface area is 184 Å². The highest BCUT2D eigenvalue weighted by Crippen LogP contribution is 2.26. The molecule has 0 aliphatic carbocycles. The molecular formula is C23H24F2N4O3. The number of amides is 4. The Morgan fingerprint density at radius 2 is 1.91 bits per heavy atom. The molecule has 9 heteroatoms. The highest BCUT2D eigenvalue weighted by Gasteiger charge is 2.47. The first-order valence-corrected chi connectivity index (χ1v) is 10.5. The summed E-state index contributed by atoms with van der Waals surface area (Å²) in [5, 5.41) is 5.55. The normalized spacial score (nSPS) is 20.8. The van der Waals surface area contributed by atoms with Crippen molar-refractivity contribution in [3.8, 4) is 0 Å². The number of anilines is 1. The van der Waals surface area contributed by atoms with Gasteiger partial charge in [0.15, 0.2) is 0 Å². The van der Waals surface area contributed by atoms with Crippen LogP contribution in [0.15, 0.2) is 42.5 Å². The maximum absolute atomic E-state index is 13.9. The molecule has 168 valence electrons. The van der Waals surface area contributed by atoms with Crippen LogP contribution < -0.4 is 10.6 Å². The van der Waals surface area contributed by atoms with E-state index in [1.54, 1.807) is 0 Å². The average Bonchev–Trinajstić information content (AvgIpc) is 2.77. The van der Waals surface area contributed by atoms with Crippen molar-refractivity contribution in [1.29, 1.82) is 0 Å². The summed E-state index contributed by atoms with van der Waals surface area (Å²) >= 11 is 0. The summed E-state index contributed by atoms with van der Waals surface area (Å²) in [5.74, 6) is -2.61. The van der Waals surface area contributed by atoms with Crippen LogP contribution in [0, 0.1) is 18.6 Å². The molecule has 0 radical (unpaired) electrons. The summed E-state index contributed by atoms with van der Waals surface area (Å²) in [5.41, 5.74) is 1.68. The smallest absolute Gasteiger partial charge is 0.322 e. The Balaban J connectivity index is 1.54. The third-order valence-corrected chi connectivity index (χ3v) is 5.82. The molecule has 0 aromatic heterocycles. The van der Waals surface area contributed by atoms with Crippen LogP contribution in [-0.4, -0.2) is 52.8 Å². The number of fused-ring (bicyclic) bond motifs is 1. The van der Waals surface area contributed by atoms with Crippen molar-refractivity contribution >= 4 is 23.5 Å². The largest absolute Gasteiger partial charge is 0.327 e. The van der Waals surface area contributed by atoms with Gasteiger partial charge in [0.25, 0.3) is 0 Å². The molecule has 2 atom stereocenters. The fourth-order valence-electron chi connectivity index (χ4n) is 4.16. The van der Waals surface area contributed by atoms with Gasteiger partial charge in [-0.15, -0.1) is 0 Å². The second-order valence-corrected chi connectivity index (χ2v) is 8.13. The van der Waals surface area contributed by atoms with Crippen molar-refractivity contribution < 1.29 is 23.2 Å². The van der Waals surface area contributed by atoms with E-state index in [-0.39, 0.29) is 24.7 Å². The topological polar surface area (TPSA) is 81.8 Å². The van der Waals surface area contributed by atoms with E-state index in [9.17, 15) is 23.2 Å². The Bertz CT molecular complexity index is 1040. The molecule has 2 heterocycles. The maximum Gasteiger partial charge on any atom is 0.327 e. The third kappa shape index (κ3) is 4.47. The number of carbonyl (C=O) groups excluding carboxylic acids is 3. The molecule has 2 saturated heterocycles. The monoisotopic (exact) mass is 442 g/mol. The van der Waals surface area contributed by atoms with Gasteiger partial charge in [-0.2, -0.15) is 0 Å². The van der Waals surface area contributed by atoms with Gasteiger partial charge in [-0.3, -0.25) is 14.5 Å². The number of nitrogens with one attached hydrogen (secondary N) is 2. The van der Waals surface area contributed by atoms with Gasteiger partial charge in [0.2, 0.25) is 11.8 Å². The number of benzene rings is 2. The van der Waals surface area contributed by atoms with Gasteiger partial charge in [0.05, 0.1) is 18.3 Å². The number of imide groups is 1. The van der Waals surface area contributed by atoms with Crippen molar-refractivity contribution in [2.75, 3.05) is 18.4 Å². The SMILES string of the molecule is Cc1ccc(CN2C(=O)C3NCCCC3N(CC(=O)Nc3ccc(F)cc3F)C2=O)cc1. The lowest BCUT2D eigenvalue weighted by molar-refractivity contribution is -0.138. The van der Waals surface area contributed by atoms with Crippen molar-refractivity contribution in [1.82, 2.24) is 15.1 Å². The number of urea groups is 1. The van der Waals surface area contributed by atoms with Gasteiger partial charge in [-0.25, -0.2) is 13.6 Å². The summed E-state index contributed by atoms with van der Waals surface area (Å²) in [6.07, 6.45) is 1.33. The van der Waals surface area contributed by atoms with Gasteiger partial charge >= 0.3 is 6.03 Å². The summed E-state index contributed by atoms with van der Waals surface area (Å²) in [6.45, 7) is 2.33. The Kier molecular flexibility index (Phi) is 6.18. The van der Waals surface area contributed by atoms with E-state index in [0.29, 0.717) is 19.0 Å². The van der Waals surface area contributed by atoms with Crippen LogP contribution in [0.3, 0.4) is 0 Å². The zero-order valence-electron chi connectivity index (χ0n) is 17.6. The van der Waals surface area contributed by atoms with Crippen LogP contribution in [0.1, 0.15) is 24.0 Å². The van der Waals surface area contributed by atoms with Crippen molar-refractivity contribution in [3.05, 3.63) is 65.2 Å². The molecule has 2 aromatic rings. The van der Waals surface area contributed by atoms with E-state index in [2.05, 4.69) is 10.6 Å². The van der Waals surface area contributed by atoms with Crippen molar-refractivity contribution in [2.24, 2.45) is 0 Å². The fraction of sp³-hybridized carbons (Fsp3) is 0.348. The molecule has 2 aliphatic heterocycles. The maximum atomic E-state index is 13.9. The second kappa shape index (κ2) is 9.04. The molecule has 4 amide bonds. The minimum absolute atomic E-state index is 0.0908. The summed E-state index contributed by atoms with van der Waals surface area (Å²) in [7, 11) is 0. The average molecular weight is 442 g/mol. The van der Waals surface area contributed by atoms with E-state index in [1.807, 2.05) is 31.2 Å². The van der Waals surface area contributed by atoms with Crippen LogP contribution in [0.5, 0.6) is 0 Å². The Morgan fingerprint density at radius 3 is 2.62 bits per heavy atom. The molecule has 32 heavy (non-hydrogen) atoms. The molecule has 2 N–H and O–H groups in total. The van der Waals surface area contributed by atoms with E-state index in [1.165, 1.54) is 4.90 Å². The molecular weight excluding hydrogens is 418 g/mol. The zero-order chi connectivity index (χ0) is 22.8. The highest BCUT2D eigenvalue weighted by atomic mass is 19.1. The number of rotatable bonds is 5. The summed E-state index contributed by atoms with van der Waals surface area (Å²) < 4.78 is 27.0. The number of piperidine rings is 1.